The minimum atomic E-state index is -0.154. The molecule has 130 valence electrons. The highest BCUT2D eigenvalue weighted by molar-refractivity contribution is 5.94. The SMILES string of the molecule is Cc1cc(C)n2c(CNC(=O)c3ccc(-n4cccc4)cc3)nnc2n1. The molecule has 0 bridgehead atoms. The summed E-state index contributed by atoms with van der Waals surface area (Å²) in [7, 11) is 0. The Kier molecular flexibility index (Phi) is 3.96. The van der Waals surface area contributed by atoms with Gasteiger partial charge in [0.05, 0.1) is 6.54 Å². The van der Waals surface area contributed by atoms with Crippen LogP contribution in [0.3, 0.4) is 0 Å². The fourth-order valence-corrected chi connectivity index (χ4v) is 2.97. The second kappa shape index (κ2) is 6.44. The van der Waals surface area contributed by atoms with Crippen LogP contribution in [0.4, 0.5) is 0 Å². The van der Waals surface area contributed by atoms with Gasteiger partial charge in [0.25, 0.3) is 11.7 Å². The Labute approximate surface area is 150 Å². The number of rotatable bonds is 4. The first kappa shape index (κ1) is 16.0. The van der Waals surface area contributed by atoms with Crippen molar-refractivity contribution >= 4 is 11.7 Å². The Morgan fingerprint density at radius 1 is 1.08 bits per heavy atom. The van der Waals surface area contributed by atoms with E-state index in [0.717, 1.165) is 17.1 Å². The van der Waals surface area contributed by atoms with Gasteiger partial charge in [-0.3, -0.25) is 9.20 Å². The van der Waals surface area contributed by atoms with Crippen molar-refractivity contribution in [2.24, 2.45) is 0 Å². The molecule has 0 spiro atoms. The Morgan fingerprint density at radius 2 is 1.81 bits per heavy atom. The molecule has 0 unspecified atom stereocenters. The number of nitrogens with zero attached hydrogens (tertiary/aromatic N) is 5. The highest BCUT2D eigenvalue weighted by atomic mass is 16.1. The zero-order valence-electron chi connectivity index (χ0n) is 14.5. The molecule has 3 heterocycles. The van der Waals surface area contributed by atoms with Crippen LogP contribution < -0.4 is 5.32 Å². The summed E-state index contributed by atoms with van der Waals surface area (Å²) >= 11 is 0. The van der Waals surface area contributed by atoms with Gasteiger partial charge in [0.15, 0.2) is 5.82 Å². The maximum Gasteiger partial charge on any atom is 0.255 e. The van der Waals surface area contributed by atoms with Gasteiger partial charge in [-0.25, -0.2) is 4.98 Å². The zero-order valence-corrected chi connectivity index (χ0v) is 14.5. The number of aromatic nitrogens is 5. The minimum absolute atomic E-state index is 0.154. The fourth-order valence-electron chi connectivity index (χ4n) is 2.97. The second-order valence-electron chi connectivity index (χ2n) is 6.11. The number of amides is 1. The first-order valence-corrected chi connectivity index (χ1v) is 8.32. The Morgan fingerprint density at radius 3 is 2.54 bits per heavy atom. The summed E-state index contributed by atoms with van der Waals surface area (Å²) in [6.07, 6.45) is 3.92. The van der Waals surface area contributed by atoms with Crippen LogP contribution in [0.25, 0.3) is 11.5 Å². The lowest BCUT2D eigenvalue weighted by atomic mass is 10.2. The third-order valence-electron chi connectivity index (χ3n) is 4.20. The third-order valence-corrected chi connectivity index (χ3v) is 4.20. The molecule has 26 heavy (non-hydrogen) atoms. The van der Waals surface area contributed by atoms with Crippen LogP contribution in [-0.2, 0) is 6.54 Å². The molecule has 3 aromatic heterocycles. The molecule has 7 heteroatoms. The molecule has 0 fully saturated rings. The van der Waals surface area contributed by atoms with Crippen molar-refractivity contribution in [3.05, 3.63) is 77.6 Å². The molecular weight excluding hydrogens is 328 g/mol. The smallest absolute Gasteiger partial charge is 0.255 e. The highest BCUT2D eigenvalue weighted by Gasteiger charge is 2.12. The third kappa shape index (κ3) is 2.95. The number of aryl methyl sites for hydroxylation is 2. The molecule has 0 radical (unpaired) electrons. The van der Waals surface area contributed by atoms with Crippen LogP contribution in [0.2, 0.25) is 0 Å². The molecule has 7 nitrogen and oxygen atoms in total. The van der Waals surface area contributed by atoms with Gasteiger partial charge in [-0.1, -0.05) is 0 Å². The van der Waals surface area contributed by atoms with Gasteiger partial charge >= 0.3 is 0 Å². The van der Waals surface area contributed by atoms with E-state index in [-0.39, 0.29) is 12.5 Å². The van der Waals surface area contributed by atoms with Gasteiger partial charge in [-0.15, -0.1) is 10.2 Å². The van der Waals surface area contributed by atoms with Crippen LogP contribution >= 0.6 is 0 Å². The number of hydrogen-bond donors (Lipinski definition) is 1. The average Bonchev–Trinajstić information content (AvgIpc) is 3.29. The highest BCUT2D eigenvalue weighted by Crippen LogP contribution is 2.11. The molecule has 0 saturated carbocycles. The summed E-state index contributed by atoms with van der Waals surface area (Å²) in [4.78, 5) is 16.8. The number of benzene rings is 1. The fraction of sp³-hybridized carbons (Fsp3) is 0.158. The molecule has 4 rings (SSSR count). The van der Waals surface area contributed by atoms with E-state index in [9.17, 15) is 4.79 Å². The van der Waals surface area contributed by atoms with Gasteiger partial charge < -0.3 is 9.88 Å². The average molecular weight is 346 g/mol. The minimum Gasteiger partial charge on any atom is -0.345 e. The van der Waals surface area contributed by atoms with Gasteiger partial charge in [0.1, 0.15) is 0 Å². The van der Waals surface area contributed by atoms with Crippen molar-refractivity contribution in [3.8, 4) is 5.69 Å². The number of fused-ring (bicyclic) bond motifs is 1. The first-order valence-electron chi connectivity index (χ1n) is 8.32. The summed E-state index contributed by atoms with van der Waals surface area (Å²) in [6, 6.07) is 13.3. The topological polar surface area (TPSA) is 77.1 Å². The maximum atomic E-state index is 12.4. The molecule has 1 aromatic carbocycles. The first-order chi connectivity index (χ1) is 12.6. The summed E-state index contributed by atoms with van der Waals surface area (Å²) in [5.74, 6) is 1.05. The number of hydrogen-bond acceptors (Lipinski definition) is 4. The predicted octanol–water partition coefficient (Wildman–Crippen LogP) is 2.46. The van der Waals surface area contributed by atoms with Crippen LogP contribution in [0, 0.1) is 13.8 Å². The van der Waals surface area contributed by atoms with Gasteiger partial charge in [-0.2, -0.15) is 0 Å². The molecule has 1 amide bonds. The van der Waals surface area contributed by atoms with Crippen molar-refractivity contribution in [3.63, 3.8) is 0 Å². The maximum absolute atomic E-state index is 12.4. The van der Waals surface area contributed by atoms with Gasteiger partial charge in [-0.05, 0) is 56.3 Å². The molecule has 1 N–H and O–H groups in total. The standard InChI is InChI=1S/C19H18N6O/c1-13-11-14(2)25-17(22-23-19(25)21-13)12-20-18(26)15-5-7-16(8-6-15)24-9-3-4-10-24/h3-11H,12H2,1-2H3,(H,20,26). The molecule has 0 aliphatic carbocycles. The van der Waals surface area contributed by atoms with Crippen LogP contribution in [0.5, 0.6) is 0 Å². The van der Waals surface area contributed by atoms with E-state index in [4.69, 9.17) is 0 Å². The normalized spacial score (nSPS) is 11.0. The summed E-state index contributed by atoms with van der Waals surface area (Å²) in [5, 5.41) is 11.1. The van der Waals surface area contributed by atoms with Crippen molar-refractivity contribution in [1.82, 2.24) is 29.5 Å². The van der Waals surface area contributed by atoms with E-state index in [2.05, 4.69) is 20.5 Å². The second-order valence-corrected chi connectivity index (χ2v) is 6.11. The van der Waals surface area contributed by atoms with E-state index in [1.807, 2.05) is 77.7 Å². The zero-order chi connectivity index (χ0) is 18.1. The van der Waals surface area contributed by atoms with Crippen LogP contribution in [-0.4, -0.2) is 30.1 Å². The summed E-state index contributed by atoms with van der Waals surface area (Å²) in [5.41, 5.74) is 3.48. The number of nitrogens with one attached hydrogen (secondary N) is 1. The van der Waals surface area contributed by atoms with E-state index >= 15 is 0 Å². The van der Waals surface area contributed by atoms with E-state index in [0.29, 0.717) is 17.2 Å². The number of carbonyl (C=O) groups is 1. The molecule has 0 aliphatic rings. The van der Waals surface area contributed by atoms with E-state index < -0.39 is 0 Å². The van der Waals surface area contributed by atoms with Crippen LogP contribution in [0.1, 0.15) is 27.6 Å². The molecule has 4 aromatic rings. The molecule has 0 atom stereocenters. The Hall–Kier alpha value is -3.48. The van der Waals surface area contributed by atoms with Crippen molar-refractivity contribution in [2.45, 2.75) is 20.4 Å². The van der Waals surface area contributed by atoms with Crippen molar-refractivity contribution in [2.75, 3.05) is 0 Å². The van der Waals surface area contributed by atoms with Crippen molar-refractivity contribution in [1.29, 1.82) is 0 Å². The summed E-state index contributed by atoms with van der Waals surface area (Å²) in [6.45, 7) is 4.17. The largest absolute Gasteiger partial charge is 0.345 e. The predicted molar refractivity (Wildman–Crippen MR) is 97.2 cm³/mol. The van der Waals surface area contributed by atoms with E-state index in [1.165, 1.54) is 0 Å². The van der Waals surface area contributed by atoms with Gasteiger partial charge in [0, 0.05) is 35.0 Å². The molecular formula is C19H18N6O. The Bertz CT molecular complexity index is 1060. The molecule has 0 aliphatic heterocycles. The lowest BCUT2D eigenvalue weighted by molar-refractivity contribution is 0.0949. The monoisotopic (exact) mass is 346 g/mol. The van der Waals surface area contributed by atoms with Gasteiger partial charge in [0.2, 0.25) is 0 Å². The summed E-state index contributed by atoms with van der Waals surface area (Å²) < 4.78 is 3.84. The Balaban J connectivity index is 1.49. The molecule has 0 saturated heterocycles. The van der Waals surface area contributed by atoms with Crippen LogP contribution in [0.15, 0.2) is 54.9 Å². The quantitative estimate of drug-likeness (QED) is 0.616. The lowest BCUT2D eigenvalue weighted by Gasteiger charge is -2.07. The van der Waals surface area contributed by atoms with Crippen molar-refractivity contribution < 1.29 is 4.79 Å². The number of carbonyl (C=O) groups excluding carboxylic acids is 1. The van der Waals surface area contributed by atoms with E-state index in [1.54, 1.807) is 0 Å². The lowest BCUT2D eigenvalue weighted by Crippen LogP contribution is -2.24.